The number of anilines is 1. The van der Waals surface area contributed by atoms with Gasteiger partial charge in [0, 0.05) is 74.7 Å². The first-order valence-corrected chi connectivity index (χ1v) is 10.5. The van der Waals surface area contributed by atoms with E-state index in [-0.39, 0.29) is 0 Å². The molecule has 0 aliphatic carbocycles. The number of aromatic nitrogens is 1. The molecule has 2 aromatic rings. The van der Waals surface area contributed by atoms with Gasteiger partial charge >= 0.3 is 0 Å². The summed E-state index contributed by atoms with van der Waals surface area (Å²) >= 11 is 6.12. The molecule has 6 heteroatoms. The van der Waals surface area contributed by atoms with E-state index < -0.39 is 0 Å². The Kier molecular flexibility index (Phi) is 6.13. The van der Waals surface area contributed by atoms with Crippen molar-refractivity contribution in [2.24, 2.45) is 0 Å². The highest BCUT2D eigenvalue weighted by Gasteiger charge is 2.19. The molecule has 27 heavy (non-hydrogen) atoms. The van der Waals surface area contributed by atoms with E-state index in [2.05, 4.69) is 43.8 Å². The Labute approximate surface area is 167 Å². The van der Waals surface area contributed by atoms with Crippen molar-refractivity contribution in [1.29, 1.82) is 0 Å². The Hall–Kier alpha value is -1.40. The van der Waals surface area contributed by atoms with Gasteiger partial charge in [-0.3, -0.25) is 9.88 Å². The molecule has 146 valence electrons. The molecular formula is C21H30ClN5. The number of likely N-dealkylation sites (N-methyl/N-ethyl adjacent to an activating group) is 1. The fraction of sp³-hybridized carbons (Fsp3) is 0.571. The van der Waals surface area contributed by atoms with Crippen molar-refractivity contribution in [2.45, 2.75) is 6.42 Å². The van der Waals surface area contributed by atoms with Gasteiger partial charge in [-0.15, -0.1) is 0 Å². The predicted octanol–water partition coefficient (Wildman–Crippen LogP) is 2.65. The molecule has 0 radical (unpaired) electrons. The van der Waals surface area contributed by atoms with E-state index in [1.807, 2.05) is 18.3 Å². The summed E-state index contributed by atoms with van der Waals surface area (Å²) in [6.45, 7) is 11.8. The number of nitrogens with zero attached hydrogens (tertiary/aromatic N) is 5. The van der Waals surface area contributed by atoms with Crippen LogP contribution in [0.4, 0.5) is 5.69 Å². The van der Waals surface area contributed by atoms with Crippen molar-refractivity contribution >= 4 is 28.2 Å². The first-order chi connectivity index (χ1) is 13.2. The summed E-state index contributed by atoms with van der Waals surface area (Å²) in [6.07, 6.45) is 3.18. The van der Waals surface area contributed by atoms with Crippen molar-refractivity contribution in [2.75, 3.05) is 77.4 Å². The van der Waals surface area contributed by atoms with Crippen LogP contribution in [0.3, 0.4) is 0 Å². The lowest BCUT2D eigenvalue weighted by Gasteiger charge is -2.37. The zero-order chi connectivity index (χ0) is 18.6. The Morgan fingerprint density at radius 2 is 1.56 bits per heavy atom. The number of rotatable bonds is 5. The number of hydrogen-bond donors (Lipinski definition) is 0. The lowest BCUT2D eigenvalue weighted by atomic mass is 10.1. The second-order valence-corrected chi connectivity index (χ2v) is 8.26. The molecular weight excluding hydrogens is 358 g/mol. The molecule has 0 amide bonds. The highest BCUT2D eigenvalue weighted by atomic mass is 35.5. The lowest BCUT2D eigenvalue weighted by Crippen LogP contribution is -2.48. The summed E-state index contributed by atoms with van der Waals surface area (Å²) in [7, 11) is 2.22. The van der Waals surface area contributed by atoms with Gasteiger partial charge in [0.2, 0.25) is 0 Å². The van der Waals surface area contributed by atoms with Crippen LogP contribution >= 0.6 is 11.6 Å². The molecule has 2 aliphatic rings. The van der Waals surface area contributed by atoms with E-state index in [4.69, 9.17) is 11.6 Å². The smallest absolute Gasteiger partial charge is 0.0737 e. The van der Waals surface area contributed by atoms with Crippen molar-refractivity contribution in [3.8, 4) is 0 Å². The molecule has 0 bridgehead atoms. The molecule has 2 aliphatic heterocycles. The zero-order valence-electron chi connectivity index (χ0n) is 16.3. The molecule has 0 spiro atoms. The van der Waals surface area contributed by atoms with Gasteiger partial charge in [-0.25, -0.2) is 0 Å². The molecule has 5 nitrogen and oxygen atoms in total. The van der Waals surface area contributed by atoms with Gasteiger partial charge in [0.05, 0.1) is 5.52 Å². The molecule has 4 rings (SSSR count). The summed E-state index contributed by atoms with van der Waals surface area (Å²) in [5, 5.41) is 1.95. The molecule has 0 saturated carbocycles. The fourth-order valence-electron chi connectivity index (χ4n) is 4.18. The van der Waals surface area contributed by atoms with Crippen LogP contribution in [-0.2, 0) is 0 Å². The van der Waals surface area contributed by atoms with Gasteiger partial charge in [0.15, 0.2) is 0 Å². The Balaban J connectivity index is 1.27. The Morgan fingerprint density at radius 1 is 0.889 bits per heavy atom. The van der Waals surface area contributed by atoms with E-state index in [0.717, 1.165) is 36.7 Å². The van der Waals surface area contributed by atoms with Crippen LogP contribution in [-0.4, -0.2) is 92.2 Å². The van der Waals surface area contributed by atoms with Crippen molar-refractivity contribution < 1.29 is 0 Å². The number of pyridine rings is 1. The first kappa shape index (κ1) is 18.9. The van der Waals surface area contributed by atoms with Crippen molar-refractivity contribution in [3.05, 3.63) is 35.5 Å². The number of piperazine rings is 2. The van der Waals surface area contributed by atoms with E-state index in [9.17, 15) is 0 Å². The highest BCUT2D eigenvalue weighted by molar-refractivity contribution is 6.31. The summed E-state index contributed by atoms with van der Waals surface area (Å²) < 4.78 is 0. The maximum absolute atomic E-state index is 6.12. The van der Waals surface area contributed by atoms with E-state index >= 15 is 0 Å². The quantitative estimate of drug-likeness (QED) is 0.785. The minimum absolute atomic E-state index is 0.748. The molecule has 0 atom stereocenters. The lowest BCUT2D eigenvalue weighted by molar-refractivity contribution is 0.145. The monoisotopic (exact) mass is 387 g/mol. The summed E-state index contributed by atoms with van der Waals surface area (Å²) in [6, 6.07) is 8.15. The van der Waals surface area contributed by atoms with Gasteiger partial charge < -0.3 is 14.7 Å². The van der Waals surface area contributed by atoms with Crippen LogP contribution in [0.1, 0.15) is 6.42 Å². The van der Waals surface area contributed by atoms with Gasteiger partial charge in [0.25, 0.3) is 0 Å². The number of hydrogen-bond acceptors (Lipinski definition) is 5. The Morgan fingerprint density at radius 3 is 2.26 bits per heavy atom. The number of benzene rings is 1. The SMILES string of the molecule is CN1CCN(CCCN2CCN(c3ccnc4cc(Cl)ccc34)CC2)CC1. The second kappa shape index (κ2) is 8.74. The van der Waals surface area contributed by atoms with E-state index in [1.54, 1.807) is 0 Å². The molecule has 0 unspecified atom stereocenters. The van der Waals surface area contributed by atoms with Crippen LogP contribution < -0.4 is 4.90 Å². The Bertz CT molecular complexity index is 751. The summed E-state index contributed by atoms with van der Waals surface area (Å²) in [5.41, 5.74) is 2.27. The molecule has 2 saturated heterocycles. The fourth-order valence-corrected chi connectivity index (χ4v) is 4.35. The third-order valence-corrected chi connectivity index (χ3v) is 6.17. The standard InChI is InChI=1S/C21H30ClN5/c1-24-9-11-25(12-10-24)7-2-8-26-13-15-27(16-14-26)21-5-6-23-20-17-18(22)3-4-19(20)21/h3-6,17H,2,7-16H2,1H3. The topological polar surface area (TPSA) is 25.9 Å². The second-order valence-electron chi connectivity index (χ2n) is 7.82. The third-order valence-electron chi connectivity index (χ3n) is 5.94. The van der Waals surface area contributed by atoms with Crippen molar-refractivity contribution in [1.82, 2.24) is 19.7 Å². The van der Waals surface area contributed by atoms with E-state index in [1.165, 1.54) is 56.8 Å². The average Bonchev–Trinajstić information content (AvgIpc) is 2.69. The van der Waals surface area contributed by atoms with Gasteiger partial charge in [-0.05, 0) is 50.8 Å². The minimum atomic E-state index is 0.748. The molecule has 1 aromatic heterocycles. The molecule has 2 fully saturated rings. The zero-order valence-corrected chi connectivity index (χ0v) is 17.0. The van der Waals surface area contributed by atoms with Crippen LogP contribution in [0.5, 0.6) is 0 Å². The third kappa shape index (κ3) is 4.72. The van der Waals surface area contributed by atoms with Crippen LogP contribution in [0.25, 0.3) is 10.9 Å². The summed E-state index contributed by atoms with van der Waals surface area (Å²) in [5.74, 6) is 0. The van der Waals surface area contributed by atoms with Crippen LogP contribution in [0.2, 0.25) is 5.02 Å². The highest BCUT2D eigenvalue weighted by Crippen LogP contribution is 2.28. The number of halogens is 1. The van der Waals surface area contributed by atoms with Gasteiger partial charge in [-0.2, -0.15) is 0 Å². The van der Waals surface area contributed by atoms with Crippen molar-refractivity contribution in [3.63, 3.8) is 0 Å². The summed E-state index contributed by atoms with van der Waals surface area (Å²) in [4.78, 5) is 14.6. The normalized spacial score (nSPS) is 20.4. The minimum Gasteiger partial charge on any atom is -0.368 e. The van der Waals surface area contributed by atoms with Crippen LogP contribution in [0, 0.1) is 0 Å². The molecule has 3 heterocycles. The largest absolute Gasteiger partial charge is 0.368 e. The maximum Gasteiger partial charge on any atom is 0.0737 e. The molecule has 1 aromatic carbocycles. The van der Waals surface area contributed by atoms with Gasteiger partial charge in [0.1, 0.15) is 0 Å². The number of fused-ring (bicyclic) bond motifs is 1. The predicted molar refractivity (Wildman–Crippen MR) is 114 cm³/mol. The van der Waals surface area contributed by atoms with Crippen LogP contribution in [0.15, 0.2) is 30.5 Å². The first-order valence-electron chi connectivity index (χ1n) is 10.1. The molecule has 0 N–H and O–H groups in total. The van der Waals surface area contributed by atoms with Gasteiger partial charge in [-0.1, -0.05) is 11.6 Å². The maximum atomic E-state index is 6.12. The van der Waals surface area contributed by atoms with E-state index in [0.29, 0.717) is 0 Å². The average molecular weight is 388 g/mol.